The van der Waals surface area contributed by atoms with E-state index in [0.717, 1.165) is 22.6 Å². The second-order valence-corrected chi connectivity index (χ2v) is 10.0. The molecule has 0 bridgehead atoms. The van der Waals surface area contributed by atoms with Gasteiger partial charge >= 0.3 is 0 Å². The number of halogens is 1. The van der Waals surface area contributed by atoms with Crippen LogP contribution < -0.4 is 5.32 Å². The van der Waals surface area contributed by atoms with Gasteiger partial charge in [0.2, 0.25) is 0 Å². The highest BCUT2D eigenvalue weighted by Gasteiger charge is 2.24. The molecule has 1 amide bonds. The standard InChI is InChI=1S/C26H23ClN10O/c27-18-5-6-35-15-30-22(23(35)7-18)9-28-26(38)20-13-37(34-21(20)8-24-29-14-31-33-24)12-19-11-36-10-17(16-1-2-16)3-4-25(36)32-19/h3-7,10-11,13,15-16H,1-2,8-9,12,14H2,(H,28,38). The van der Waals surface area contributed by atoms with Gasteiger partial charge in [-0.05, 0) is 42.5 Å². The van der Waals surface area contributed by atoms with Crippen molar-refractivity contribution in [2.24, 2.45) is 15.2 Å². The first-order chi connectivity index (χ1) is 18.6. The molecule has 1 aliphatic carbocycles. The summed E-state index contributed by atoms with van der Waals surface area (Å²) in [5, 5.41) is 16.3. The zero-order valence-electron chi connectivity index (χ0n) is 20.3. The summed E-state index contributed by atoms with van der Waals surface area (Å²) in [5.74, 6) is 0.973. The van der Waals surface area contributed by atoms with Crippen LogP contribution in [0.15, 0.2) is 70.6 Å². The summed E-state index contributed by atoms with van der Waals surface area (Å²) < 4.78 is 5.67. The van der Waals surface area contributed by atoms with E-state index < -0.39 is 0 Å². The fourth-order valence-electron chi connectivity index (χ4n) is 4.74. The van der Waals surface area contributed by atoms with Crippen molar-refractivity contribution >= 4 is 34.5 Å². The molecule has 11 nitrogen and oxygen atoms in total. The average Bonchev–Trinajstić information content (AvgIpc) is 3.25. The van der Waals surface area contributed by atoms with E-state index in [1.54, 1.807) is 23.3 Å². The van der Waals surface area contributed by atoms with Gasteiger partial charge in [-0.1, -0.05) is 17.7 Å². The molecule has 1 aliphatic heterocycles. The highest BCUT2D eigenvalue weighted by molar-refractivity contribution is 6.30. The van der Waals surface area contributed by atoms with Crippen LogP contribution >= 0.6 is 11.6 Å². The number of pyridine rings is 2. The Kier molecular flexibility index (Phi) is 5.50. The fourth-order valence-corrected chi connectivity index (χ4v) is 4.89. The Morgan fingerprint density at radius 2 is 2.03 bits per heavy atom. The van der Waals surface area contributed by atoms with E-state index in [4.69, 9.17) is 21.7 Å². The fraction of sp³-hybridized carbons (Fsp3) is 0.269. The minimum atomic E-state index is -0.256. The second-order valence-electron chi connectivity index (χ2n) is 9.57. The average molecular weight is 527 g/mol. The van der Waals surface area contributed by atoms with Crippen molar-refractivity contribution in [2.75, 3.05) is 6.67 Å². The van der Waals surface area contributed by atoms with Gasteiger partial charge in [0.05, 0.1) is 54.0 Å². The van der Waals surface area contributed by atoms with Crippen LogP contribution in [-0.2, 0) is 19.5 Å². The van der Waals surface area contributed by atoms with Crippen LogP contribution in [0, 0.1) is 0 Å². The molecular formula is C26H23ClN10O. The molecule has 5 aromatic rings. The molecule has 1 saturated carbocycles. The molecule has 190 valence electrons. The third-order valence-corrected chi connectivity index (χ3v) is 7.04. The lowest BCUT2D eigenvalue weighted by atomic mass is 10.1. The summed E-state index contributed by atoms with van der Waals surface area (Å²) >= 11 is 6.15. The Labute approximate surface area is 221 Å². The van der Waals surface area contributed by atoms with Crippen molar-refractivity contribution in [2.45, 2.75) is 38.3 Å². The quantitative estimate of drug-likeness (QED) is 0.328. The first-order valence-electron chi connectivity index (χ1n) is 12.4. The van der Waals surface area contributed by atoms with Gasteiger partial charge in [-0.3, -0.25) is 9.48 Å². The summed E-state index contributed by atoms with van der Waals surface area (Å²) in [5.41, 5.74) is 5.70. The van der Waals surface area contributed by atoms with Gasteiger partial charge in [0.15, 0.2) is 12.5 Å². The van der Waals surface area contributed by atoms with Crippen molar-refractivity contribution < 1.29 is 4.79 Å². The molecule has 7 rings (SSSR count). The van der Waals surface area contributed by atoms with E-state index in [-0.39, 0.29) is 12.5 Å². The van der Waals surface area contributed by atoms with E-state index in [1.165, 1.54) is 18.4 Å². The topological polar surface area (TPSA) is 119 Å². The minimum Gasteiger partial charge on any atom is -0.346 e. The van der Waals surface area contributed by atoms with Crippen LogP contribution in [-0.4, -0.2) is 47.0 Å². The van der Waals surface area contributed by atoms with Crippen LogP contribution in [0.5, 0.6) is 0 Å². The van der Waals surface area contributed by atoms with Crippen molar-refractivity contribution in [1.82, 2.24) is 33.9 Å². The molecule has 38 heavy (non-hydrogen) atoms. The van der Waals surface area contributed by atoms with E-state index in [1.807, 2.05) is 22.9 Å². The van der Waals surface area contributed by atoms with Crippen LogP contribution in [0.2, 0.25) is 5.02 Å². The highest BCUT2D eigenvalue weighted by Crippen LogP contribution is 2.39. The third-order valence-electron chi connectivity index (χ3n) is 6.80. The molecule has 5 aromatic heterocycles. The predicted octanol–water partition coefficient (Wildman–Crippen LogP) is 4.05. The summed E-state index contributed by atoms with van der Waals surface area (Å²) in [6.07, 6.45) is 12.3. The minimum absolute atomic E-state index is 0.247. The molecular weight excluding hydrogens is 504 g/mol. The van der Waals surface area contributed by atoms with Crippen molar-refractivity contribution in [1.29, 1.82) is 0 Å². The summed E-state index contributed by atoms with van der Waals surface area (Å²) in [6.45, 7) is 0.979. The number of hydrogen-bond acceptors (Lipinski definition) is 7. The number of amides is 1. The third kappa shape index (κ3) is 4.45. The van der Waals surface area contributed by atoms with E-state index in [9.17, 15) is 4.79 Å². The van der Waals surface area contributed by atoms with E-state index in [2.05, 4.69) is 48.3 Å². The maximum atomic E-state index is 13.3. The molecule has 1 fully saturated rings. The molecule has 2 aliphatic rings. The molecule has 0 spiro atoms. The number of hydrogen-bond donors (Lipinski definition) is 1. The normalized spacial score (nSPS) is 15.0. The molecule has 0 aromatic carbocycles. The molecule has 12 heteroatoms. The van der Waals surface area contributed by atoms with Gasteiger partial charge < -0.3 is 14.1 Å². The number of carbonyl (C=O) groups excluding carboxylic acids is 1. The molecule has 6 heterocycles. The predicted molar refractivity (Wildman–Crippen MR) is 141 cm³/mol. The van der Waals surface area contributed by atoms with Crippen molar-refractivity contribution in [3.8, 4) is 0 Å². The number of aromatic nitrogens is 6. The number of amidine groups is 1. The number of imidazole rings is 2. The number of fused-ring (bicyclic) bond motifs is 2. The van der Waals surface area contributed by atoms with Gasteiger partial charge in [-0.25, -0.2) is 15.0 Å². The molecule has 0 radical (unpaired) electrons. The molecule has 1 N–H and O–H groups in total. The number of rotatable bonds is 8. The van der Waals surface area contributed by atoms with Gasteiger partial charge in [0, 0.05) is 29.8 Å². The number of nitrogens with one attached hydrogen (secondary N) is 1. The smallest absolute Gasteiger partial charge is 0.255 e. The van der Waals surface area contributed by atoms with E-state index in [0.29, 0.717) is 47.7 Å². The molecule has 0 atom stereocenters. The zero-order chi connectivity index (χ0) is 25.6. The maximum absolute atomic E-state index is 13.3. The Morgan fingerprint density at radius 3 is 2.87 bits per heavy atom. The van der Waals surface area contributed by atoms with Crippen molar-refractivity contribution in [3.05, 3.63) is 88.6 Å². The monoisotopic (exact) mass is 526 g/mol. The first-order valence-corrected chi connectivity index (χ1v) is 12.8. The maximum Gasteiger partial charge on any atom is 0.255 e. The SMILES string of the molecule is O=C(NCc1ncn2ccc(Cl)cc12)c1cn(Cc2cn3cc(C4CC4)ccc3n2)nc1CC1=NCN=N1. The van der Waals surface area contributed by atoms with Gasteiger partial charge in [-0.15, -0.1) is 5.11 Å². The van der Waals surface area contributed by atoms with Crippen LogP contribution in [0.4, 0.5) is 0 Å². The van der Waals surface area contributed by atoms with Gasteiger partial charge in [-0.2, -0.15) is 10.2 Å². The number of carbonyl (C=O) groups is 1. The van der Waals surface area contributed by atoms with Crippen LogP contribution in [0.1, 0.15) is 51.8 Å². The summed E-state index contributed by atoms with van der Waals surface area (Å²) in [6, 6.07) is 7.83. The highest BCUT2D eigenvalue weighted by atomic mass is 35.5. The van der Waals surface area contributed by atoms with Gasteiger partial charge in [0.25, 0.3) is 5.91 Å². The largest absolute Gasteiger partial charge is 0.346 e. The summed E-state index contributed by atoms with van der Waals surface area (Å²) in [4.78, 5) is 26.8. The van der Waals surface area contributed by atoms with Crippen LogP contribution in [0.25, 0.3) is 11.2 Å². The van der Waals surface area contributed by atoms with Gasteiger partial charge in [0.1, 0.15) is 5.65 Å². The molecule has 0 saturated heterocycles. The number of aliphatic imine (C=N–C) groups is 1. The Hall–Kier alpha value is -4.38. The zero-order valence-corrected chi connectivity index (χ0v) is 21.1. The van der Waals surface area contributed by atoms with E-state index >= 15 is 0 Å². The Bertz CT molecular complexity index is 1760. The Morgan fingerprint density at radius 1 is 1.11 bits per heavy atom. The molecule has 0 unspecified atom stereocenters. The lowest BCUT2D eigenvalue weighted by Crippen LogP contribution is -2.24. The number of nitrogens with zero attached hydrogens (tertiary/aromatic N) is 9. The second kappa shape index (κ2) is 9.18. The number of azo groups is 1. The lowest BCUT2D eigenvalue weighted by molar-refractivity contribution is 0.0950. The Balaban J connectivity index is 1.13. The van der Waals surface area contributed by atoms with Crippen molar-refractivity contribution in [3.63, 3.8) is 0 Å². The first kappa shape index (κ1) is 22.8. The summed E-state index contributed by atoms with van der Waals surface area (Å²) in [7, 11) is 0. The van der Waals surface area contributed by atoms with Crippen LogP contribution in [0.3, 0.4) is 0 Å². The lowest BCUT2D eigenvalue weighted by Gasteiger charge is -2.04.